The van der Waals surface area contributed by atoms with Gasteiger partial charge in [0.25, 0.3) is 0 Å². The molecular formula is C23H36N6O2. The minimum Gasteiger partial charge on any atom is -0.381 e. The van der Waals surface area contributed by atoms with E-state index in [1.54, 1.807) is 18.6 Å². The highest BCUT2D eigenvalue weighted by molar-refractivity contribution is 5.63. The molecule has 0 bridgehead atoms. The smallest absolute Gasteiger partial charge is 0.145 e. The van der Waals surface area contributed by atoms with Crippen LogP contribution in [0.3, 0.4) is 0 Å². The standard InChI is InChI=1S/C16H21N5O.C6H13N.CH2O/c1-17-15-8-13(2-5-19-15)14-10-18-11-16(21-14)20-9-12-3-6-22-7-4-12;1-6-4-2-3-5-7-6;1-2/h2,5,8,10-12H,3-4,6-7,9H2,1H3,(H,17,19)(H,20,21);6-7H,2-5H2,1H3;1H2. The molecule has 8 heteroatoms. The van der Waals surface area contributed by atoms with E-state index in [4.69, 9.17) is 9.53 Å². The molecule has 2 aromatic rings. The predicted molar refractivity (Wildman–Crippen MR) is 125 cm³/mol. The van der Waals surface area contributed by atoms with Crippen LogP contribution in [0.5, 0.6) is 0 Å². The van der Waals surface area contributed by atoms with Crippen molar-refractivity contribution in [3.05, 3.63) is 30.7 Å². The molecule has 0 spiro atoms. The monoisotopic (exact) mass is 428 g/mol. The van der Waals surface area contributed by atoms with Gasteiger partial charge in [0.15, 0.2) is 0 Å². The second kappa shape index (κ2) is 14.4. The summed E-state index contributed by atoms with van der Waals surface area (Å²) in [6.45, 7) is 8.13. The van der Waals surface area contributed by atoms with Crippen molar-refractivity contribution >= 4 is 18.4 Å². The molecule has 0 amide bonds. The molecule has 1 atom stereocenters. The Kier molecular flexibility index (Phi) is 11.5. The first-order chi connectivity index (χ1) is 15.2. The number of hydrogen-bond acceptors (Lipinski definition) is 8. The molecule has 3 N–H and O–H groups in total. The third kappa shape index (κ3) is 8.98. The van der Waals surface area contributed by atoms with E-state index in [-0.39, 0.29) is 0 Å². The summed E-state index contributed by atoms with van der Waals surface area (Å²) >= 11 is 0. The van der Waals surface area contributed by atoms with E-state index in [0.29, 0.717) is 5.92 Å². The molecule has 0 radical (unpaired) electrons. The fraction of sp³-hybridized carbons (Fsp3) is 0.565. The van der Waals surface area contributed by atoms with Crippen LogP contribution in [0.1, 0.15) is 39.0 Å². The Balaban J connectivity index is 0.000000319. The van der Waals surface area contributed by atoms with Gasteiger partial charge in [-0.3, -0.25) is 4.98 Å². The maximum absolute atomic E-state index is 8.00. The van der Waals surface area contributed by atoms with Gasteiger partial charge in [0.05, 0.1) is 18.1 Å². The van der Waals surface area contributed by atoms with Gasteiger partial charge in [-0.2, -0.15) is 0 Å². The molecule has 4 rings (SSSR count). The molecule has 31 heavy (non-hydrogen) atoms. The first kappa shape index (κ1) is 24.7. The predicted octanol–water partition coefficient (Wildman–Crippen LogP) is 3.38. The van der Waals surface area contributed by atoms with Gasteiger partial charge in [0.2, 0.25) is 0 Å². The number of rotatable bonds is 5. The van der Waals surface area contributed by atoms with Gasteiger partial charge in [-0.1, -0.05) is 6.42 Å². The molecule has 2 aliphatic rings. The van der Waals surface area contributed by atoms with Gasteiger partial charge in [0, 0.05) is 44.6 Å². The molecule has 170 valence electrons. The zero-order valence-electron chi connectivity index (χ0n) is 18.8. The lowest BCUT2D eigenvalue weighted by Gasteiger charge is -2.22. The van der Waals surface area contributed by atoms with E-state index in [2.05, 4.69) is 37.8 Å². The van der Waals surface area contributed by atoms with E-state index in [0.717, 1.165) is 61.5 Å². The highest BCUT2D eigenvalue weighted by Gasteiger charge is 2.13. The van der Waals surface area contributed by atoms with Gasteiger partial charge in [-0.15, -0.1) is 0 Å². The molecule has 2 aromatic heterocycles. The third-order valence-corrected chi connectivity index (χ3v) is 5.42. The summed E-state index contributed by atoms with van der Waals surface area (Å²) in [5, 5.41) is 9.81. The number of hydrogen-bond donors (Lipinski definition) is 3. The topological polar surface area (TPSA) is 101 Å². The first-order valence-corrected chi connectivity index (χ1v) is 11.0. The number of aromatic nitrogens is 3. The Morgan fingerprint density at radius 2 is 1.97 bits per heavy atom. The van der Waals surface area contributed by atoms with Crippen molar-refractivity contribution in [3.8, 4) is 11.3 Å². The molecule has 8 nitrogen and oxygen atoms in total. The van der Waals surface area contributed by atoms with Crippen molar-refractivity contribution in [2.75, 3.05) is 44.0 Å². The summed E-state index contributed by atoms with van der Waals surface area (Å²) in [5.41, 5.74) is 1.84. The lowest BCUT2D eigenvalue weighted by molar-refractivity contribution is -0.0979. The first-order valence-electron chi connectivity index (χ1n) is 11.0. The van der Waals surface area contributed by atoms with Crippen molar-refractivity contribution in [2.45, 2.75) is 45.1 Å². The Hall–Kier alpha value is -2.58. The Morgan fingerprint density at radius 1 is 1.16 bits per heavy atom. The lowest BCUT2D eigenvalue weighted by Crippen LogP contribution is -2.30. The Morgan fingerprint density at radius 3 is 2.61 bits per heavy atom. The quantitative estimate of drug-likeness (QED) is 0.666. The molecule has 2 aliphatic heterocycles. The zero-order chi connectivity index (χ0) is 22.3. The van der Waals surface area contributed by atoms with Crippen molar-refractivity contribution in [1.82, 2.24) is 20.3 Å². The van der Waals surface area contributed by atoms with Crippen molar-refractivity contribution in [1.29, 1.82) is 0 Å². The van der Waals surface area contributed by atoms with Crippen molar-refractivity contribution in [2.24, 2.45) is 5.92 Å². The number of ether oxygens (including phenoxy) is 1. The third-order valence-electron chi connectivity index (χ3n) is 5.42. The van der Waals surface area contributed by atoms with Crippen LogP contribution in [-0.2, 0) is 9.53 Å². The second-order valence-electron chi connectivity index (χ2n) is 7.76. The average molecular weight is 429 g/mol. The summed E-state index contributed by atoms with van der Waals surface area (Å²) < 4.78 is 5.38. The van der Waals surface area contributed by atoms with Crippen LogP contribution >= 0.6 is 0 Å². The highest BCUT2D eigenvalue weighted by atomic mass is 16.5. The fourth-order valence-corrected chi connectivity index (χ4v) is 3.54. The largest absolute Gasteiger partial charge is 0.381 e. The summed E-state index contributed by atoms with van der Waals surface area (Å²) in [5.74, 6) is 2.28. The van der Waals surface area contributed by atoms with Crippen LogP contribution in [0.4, 0.5) is 11.6 Å². The van der Waals surface area contributed by atoms with E-state index in [1.165, 1.54) is 25.8 Å². The van der Waals surface area contributed by atoms with Gasteiger partial charge < -0.3 is 25.5 Å². The van der Waals surface area contributed by atoms with Gasteiger partial charge in [0.1, 0.15) is 18.4 Å². The summed E-state index contributed by atoms with van der Waals surface area (Å²) in [6, 6.07) is 4.69. The molecule has 0 aliphatic carbocycles. The van der Waals surface area contributed by atoms with E-state index in [1.807, 2.05) is 26.0 Å². The highest BCUT2D eigenvalue weighted by Crippen LogP contribution is 2.20. The molecule has 2 fully saturated rings. The van der Waals surface area contributed by atoms with Crippen LogP contribution in [0, 0.1) is 5.92 Å². The van der Waals surface area contributed by atoms with E-state index in [9.17, 15) is 0 Å². The molecular weight excluding hydrogens is 392 g/mol. The van der Waals surface area contributed by atoms with Gasteiger partial charge in [-0.05, 0) is 57.2 Å². The molecule has 4 heterocycles. The summed E-state index contributed by atoms with van der Waals surface area (Å²) in [7, 11) is 1.85. The van der Waals surface area contributed by atoms with E-state index < -0.39 is 0 Å². The van der Waals surface area contributed by atoms with Crippen molar-refractivity contribution < 1.29 is 9.53 Å². The number of pyridine rings is 1. The fourth-order valence-electron chi connectivity index (χ4n) is 3.54. The Bertz CT molecular complexity index is 748. The second-order valence-corrected chi connectivity index (χ2v) is 7.76. The van der Waals surface area contributed by atoms with Crippen LogP contribution in [-0.4, -0.2) is 61.1 Å². The van der Waals surface area contributed by atoms with Gasteiger partial charge in [-0.25, -0.2) is 9.97 Å². The Labute approximate surface area is 185 Å². The zero-order valence-corrected chi connectivity index (χ0v) is 18.8. The van der Waals surface area contributed by atoms with Crippen molar-refractivity contribution in [3.63, 3.8) is 0 Å². The number of nitrogens with zero attached hydrogens (tertiary/aromatic N) is 3. The maximum Gasteiger partial charge on any atom is 0.145 e. The SMILES string of the molecule is C=O.CC1CCCCN1.CNc1cc(-c2cncc(NCC3CCOCC3)n2)ccn1. The normalized spacial score (nSPS) is 18.6. The van der Waals surface area contributed by atoms with Crippen LogP contribution in [0.2, 0.25) is 0 Å². The molecule has 0 saturated carbocycles. The van der Waals surface area contributed by atoms with Crippen LogP contribution in [0.25, 0.3) is 11.3 Å². The minimum atomic E-state index is 0.649. The summed E-state index contributed by atoms with van der Waals surface area (Å²) in [6.07, 6.45) is 11.7. The number of carbonyl (C=O) groups excluding carboxylic acids is 1. The number of carbonyl (C=O) groups is 1. The number of anilines is 2. The average Bonchev–Trinajstić information content (AvgIpc) is 2.86. The van der Waals surface area contributed by atoms with Crippen LogP contribution < -0.4 is 16.0 Å². The van der Waals surface area contributed by atoms with Gasteiger partial charge >= 0.3 is 0 Å². The number of piperidine rings is 1. The number of nitrogens with one attached hydrogen (secondary N) is 3. The maximum atomic E-state index is 8.00. The molecule has 2 saturated heterocycles. The van der Waals surface area contributed by atoms with Crippen LogP contribution in [0.15, 0.2) is 30.7 Å². The van der Waals surface area contributed by atoms with E-state index >= 15 is 0 Å². The minimum absolute atomic E-state index is 0.649. The summed E-state index contributed by atoms with van der Waals surface area (Å²) in [4.78, 5) is 21.1. The molecule has 1 unspecified atom stereocenters. The molecule has 0 aromatic carbocycles. The lowest BCUT2D eigenvalue weighted by atomic mass is 10.0.